The van der Waals surface area contributed by atoms with Crippen LogP contribution in [-0.2, 0) is 25.6 Å². The first-order valence-electron chi connectivity index (χ1n) is 15.4. The minimum absolute atomic E-state index is 0.0554. The Morgan fingerprint density at radius 2 is 1.29 bits per heavy atom. The van der Waals surface area contributed by atoms with Crippen molar-refractivity contribution >= 4 is 46.4 Å². The quantitative estimate of drug-likeness (QED) is 0.160. The van der Waals surface area contributed by atoms with Crippen LogP contribution >= 0.6 is 0 Å². The summed E-state index contributed by atoms with van der Waals surface area (Å²) >= 11 is 0. The van der Waals surface area contributed by atoms with Gasteiger partial charge in [0.25, 0.3) is 11.4 Å². The number of rotatable bonds is 7. The lowest BCUT2D eigenvalue weighted by molar-refractivity contribution is -0.385. The Morgan fingerprint density at radius 1 is 0.750 bits per heavy atom. The van der Waals surface area contributed by atoms with Gasteiger partial charge in [0.05, 0.1) is 44.9 Å². The van der Waals surface area contributed by atoms with E-state index in [0.29, 0.717) is 23.1 Å². The van der Waals surface area contributed by atoms with E-state index >= 15 is 0 Å². The molecule has 0 radical (unpaired) electrons. The number of nitrogens with zero attached hydrogens (tertiary/aromatic N) is 4. The number of amides is 4. The van der Waals surface area contributed by atoms with Crippen molar-refractivity contribution in [1.29, 1.82) is 0 Å². The number of fused-ring (bicyclic) bond motifs is 4. The molecule has 6 unspecified atom stereocenters. The minimum Gasteiger partial charge on any atom is -0.507 e. The Morgan fingerprint density at radius 3 is 1.83 bits per heavy atom. The van der Waals surface area contributed by atoms with Crippen LogP contribution in [0.2, 0.25) is 0 Å². The topological polar surface area (TPSA) is 181 Å². The van der Waals surface area contributed by atoms with Gasteiger partial charge in [-0.3, -0.25) is 49.2 Å². The molecular weight excluding hydrogens is 620 g/mol. The van der Waals surface area contributed by atoms with E-state index in [4.69, 9.17) is 0 Å². The number of hydrogen-bond acceptors (Lipinski definition) is 9. The van der Waals surface area contributed by atoms with Gasteiger partial charge < -0.3 is 5.11 Å². The number of phenols is 1. The summed E-state index contributed by atoms with van der Waals surface area (Å²) in [6, 6.07) is 15.4. The third-order valence-electron chi connectivity index (χ3n) is 10.1. The standard InChI is InChI=1S/C35H28N4O9/c1-2-4-18-5-3-6-24(31(18)40)28-23-15-16-25-29(34(43)36(32(25)41)19-7-11-21(12-8-19)38(45)46)26(23)17-27-30(28)35(44)37(33(27)42)20-9-13-22(14-10-20)39(47)48/h2-3,5-15,25-30,40H,1,4,16-17H2. The number of hydrogen-bond donors (Lipinski definition) is 1. The van der Waals surface area contributed by atoms with Crippen molar-refractivity contribution in [3.63, 3.8) is 0 Å². The van der Waals surface area contributed by atoms with E-state index in [0.717, 1.165) is 9.80 Å². The summed E-state index contributed by atoms with van der Waals surface area (Å²) in [6.45, 7) is 3.76. The maximum atomic E-state index is 14.3. The highest BCUT2D eigenvalue weighted by atomic mass is 16.6. The monoisotopic (exact) mass is 648 g/mol. The first-order chi connectivity index (χ1) is 23.0. The van der Waals surface area contributed by atoms with Gasteiger partial charge in [0.15, 0.2) is 0 Å². The molecule has 0 spiro atoms. The maximum absolute atomic E-state index is 14.3. The van der Waals surface area contributed by atoms with Crippen LogP contribution < -0.4 is 9.80 Å². The van der Waals surface area contributed by atoms with Crippen molar-refractivity contribution in [2.45, 2.75) is 25.2 Å². The minimum atomic E-state index is -0.949. The lowest BCUT2D eigenvalue weighted by Gasteiger charge is -2.44. The Labute approximate surface area is 273 Å². The van der Waals surface area contributed by atoms with Crippen molar-refractivity contribution in [2.75, 3.05) is 9.80 Å². The van der Waals surface area contributed by atoms with Gasteiger partial charge in [-0.15, -0.1) is 6.58 Å². The van der Waals surface area contributed by atoms with E-state index in [1.807, 2.05) is 6.08 Å². The third-order valence-corrected chi connectivity index (χ3v) is 10.1. The zero-order chi connectivity index (χ0) is 34.0. The van der Waals surface area contributed by atoms with Crippen LogP contribution in [0, 0.1) is 49.8 Å². The van der Waals surface area contributed by atoms with Gasteiger partial charge in [0.1, 0.15) is 5.75 Å². The van der Waals surface area contributed by atoms with Gasteiger partial charge in [-0.2, -0.15) is 0 Å². The highest BCUT2D eigenvalue weighted by Crippen LogP contribution is 2.59. The lowest BCUT2D eigenvalue weighted by Crippen LogP contribution is -2.43. The Balaban J connectivity index is 1.32. The summed E-state index contributed by atoms with van der Waals surface area (Å²) in [5.41, 5.74) is 1.62. The Hall–Kier alpha value is -5.98. The van der Waals surface area contributed by atoms with Crippen molar-refractivity contribution < 1.29 is 34.1 Å². The molecule has 6 atom stereocenters. The van der Waals surface area contributed by atoms with Crippen LogP contribution in [-0.4, -0.2) is 38.6 Å². The molecule has 3 aromatic carbocycles. The number of carbonyl (C=O) groups is 4. The lowest BCUT2D eigenvalue weighted by atomic mass is 9.57. The van der Waals surface area contributed by atoms with Crippen LogP contribution in [0.5, 0.6) is 5.75 Å². The van der Waals surface area contributed by atoms with Gasteiger partial charge >= 0.3 is 0 Å². The number of benzene rings is 3. The SMILES string of the molecule is C=CCc1cccc(C2C3=CCC4C(=O)N(c5ccc([N+](=O)[O-])cc5)C(=O)C4C3CC3C(=O)N(c4ccc([N+](=O)[O-])cc4)C(=O)C32)c1O. The number of nitro benzene ring substituents is 2. The molecule has 1 saturated carbocycles. The number of non-ortho nitro benzene ring substituents is 2. The molecule has 7 rings (SSSR count). The van der Waals surface area contributed by atoms with Crippen LogP contribution in [0.4, 0.5) is 22.7 Å². The number of imide groups is 2. The van der Waals surface area contributed by atoms with Gasteiger partial charge in [-0.05, 0) is 55.0 Å². The maximum Gasteiger partial charge on any atom is 0.269 e. The molecule has 0 bridgehead atoms. The molecule has 2 saturated heterocycles. The number of carbonyl (C=O) groups excluding carboxylic acids is 4. The number of allylic oxidation sites excluding steroid dienone is 3. The van der Waals surface area contributed by atoms with Crippen LogP contribution in [0.1, 0.15) is 29.9 Å². The van der Waals surface area contributed by atoms with E-state index in [2.05, 4.69) is 6.58 Å². The smallest absolute Gasteiger partial charge is 0.269 e. The van der Waals surface area contributed by atoms with E-state index in [1.54, 1.807) is 24.3 Å². The molecule has 13 nitrogen and oxygen atoms in total. The average molecular weight is 649 g/mol. The Kier molecular flexibility index (Phi) is 7.26. The summed E-state index contributed by atoms with van der Waals surface area (Å²) in [5, 5.41) is 34.0. The predicted octanol–water partition coefficient (Wildman–Crippen LogP) is 4.98. The molecule has 0 aromatic heterocycles. The normalized spacial score (nSPS) is 26.1. The van der Waals surface area contributed by atoms with Crippen molar-refractivity contribution in [3.8, 4) is 5.75 Å². The van der Waals surface area contributed by atoms with Gasteiger partial charge in [-0.25, -0.2) is 0 Å². The van der Waals surface area contributed by atoms with E-state index in [-0.39, 0.29) is 41.3 Å². The molecular formula is C35H28N4O9. The number of aromatic hydroxyl groups is 1. The number of phenolic OH excluding ortho intramolecular Hbond substituents is 1. The average Bonchev–Trinajstić information content (AvgIpc) is 3.48. The zero-order valence-corrected chi connectivity index (χ0v) is 25.3. The fraction of sp³-hybridized carbons (Fsp3) is 0.257. The summed E-state index contributed by atoms with van der Waals surface area (Å²) in [7, 11) is 0. The van der Waals surface area contributed by atoms with Crippen LogP contribution in [0.3, 0.4) is 0 Å². The van der Waals surface area contributed by atoms with Crippen molar-refractivity contribution in [3.05, 3.63) is 122 Å². The second-order valence-electron chi connectivity index (χ2n) is 12.4. The van der Waals surface area contributed by atoms with E-state index in [9.17, 15) is 44.5 Å². The summed E-state index contributed by atoms with van der Waals surface area (Å²) in [6.07, 6.45) is 4.09. The molecule has 2 heterocycles. The first-order valence-corrected chi connectivity index (χ1v) is 15.4. The molecule has 1 N–H and O–H groups in total. The zero-order valence-electron chi connectivity index (χ0n) is 25.3. The molecule has 48 heavy (non-hydrogen) atoms. The van der Waals surface area contributed by atoms with Crippen molar-refractivity contribution in [1.82, 2.24) is 0 Å². The first kappa shape index (κ1) is 30.7. The molecule has 4 aliphatic rings. The van der Waals surface area contributed by atoms with Gasteiger partial charge in [0.2, 0.25) is 23.6 Å². The Bertz CT molecular complexity index is 1970. The molecule has 2 aliphatic heterocycles. The largest absolute Gasteiger partial charge is 0.507 e. The highest BCUT2D eigenvalue weighted by molar-refractivity contribution is 6.24. The highest BCUT2D eigenvalue weighted by Gasteiger charge is 2.62. The fourth-order valence-corrected chi connectivity index (χ4v) is 8.07. The molecule has 3 fully saturated rings. The van der Waals surface area contributed by atoms with E-state index in [1.165, 1.54) is 48.5 Å². The summed E-state index contributed by atoms with van der Waals surface area (Å²) < 4.78 is 0. The van der Waals surface area contributed by atoms with Crippen LogP contribution in [0.25, 0.3) is 0 Å². The number of anilines is 2. The molecule has 2 aliphatic carbocycles. The van der Waals surface area contributed by atoms with E-state index < -0.39 is 69.0 Å². The van der Waals surface area contributed by atoms with Crippen molar-refractivity contribution in [2.24, 2.45) is 29.6 Å². The molecule has 242 valence electrons. The fourth-order valence-electron chi connectivity index (χ4n) is 8.07. The third kappa shape index (κ3) is 4.53. The second kappa shape index (κ2) is 11.4. The predicted molar refractivity (Wildman–Crippen MR) is 171 cm³/mol. The van der Waals surface area contributed by atoms with Crippen LogP contribution in [0.15, 0.2) is 91.0 Å². The summed E-state index contributed by atoms with van der Waals surface area (Å²) in [4.78, 5) is 79.7. The molecule has 3 aromatic rings. The second-order valence-corrected chi connectivity index (χ2v) is 12.4. The van der Waals surface area contributed by atoms with Gasteiger partial charge in [-0.1, -0.05) is 35.9 Å². The number of nitro groups is 2. The van der Waals surface area contributed by atoms with Gasteiger partial charge in [0, 0.05) is 35.7 Å². The summed E-state index contributed by atoms with van der Waals surface area (Å²) in [5.74, 6) is -7.00. The molecule has 13 heteroatoms. The molecule has 4 amide bonds. The number of para-hydroxylation sites is 1.